The number of nitrogens with two attached hydrogens (primary N) is 1. The van der Waals surface area contributed by atoms with Crippen LogP contribution in [0.2, 0.25) is 0 Å². The van der Waals surface area contributed by atoms with E-state index < -0.39 is 52.1 Å². The third-order valence-electron chi connectivity index (χ3n) is 9.24. The van der Waals surface area contributed by atoms with E-state index in [1.54, 1.807) is 19.0 Å². The number of thioether (sulfide) groups is 1. The van der Waals surface area contributed by atoms with E-state index in [4.69, 9.17) is 5.73 Å². The van der Waals surface area contributed by atoms with Crippen LogP contribution < -0.4 is 5.73 Å². The number of primary amides is 1. The molecule has 5 N–H and O–H groups in total. The third-order valence-corrected chi connectivity index (χ3v) is 11.6. The maximum Gasteiger partial charge on any atom is 0.255 e. The number of likely N-dealkylation sites (N-methyl/N-ethyl adjacent to an activating group) is 1. The molecule has 0 aliphatic heterocycles. The number of hydrogen-bond donors (Lipinski definition) is 4. The lowest BCUT2D eigenvalue weighted by Crippen LogP contribution is -2.58. The van der Waals surface area contributed by atoms with Crippen LogP contribution in [-0.2, 0) is 21.8 Å². The highest BCUT2D eigenvalue weighted by atomic mass is 127. The number of allylic oxidation sites excluding steroid dienone is 2. The Balaban J connectivity index is 1.59. The van der Waals surface area contributed by atoms with E-state index in [1.165, 1.54) is 26.2 Å². The highest BCUT2D eigenvalue weighted by Crippen LogP contribution is 2.56. The highest BCUT2D eigenvalue weighted by molar-refractivity contribution is 14.1. The summed E-state index contributed by atoms with van der Waals surface area (Å²) >= 11 is 4.03. The molecule has 39 heavy (non-hydrogen) atoms. The molecule has 1 fully saturated rings. The summed E-state index contributed by atoms with van der Waals surface area (Å²) in [5.41, 5.74) is 5.09. The van der Waals surface area contributed by atoms with Gasteiger partial charge < -0.3 is 21.1 Å². The number of phenolic OH excluding ortho intramolecular Hbond substituents is 1. The van der Waals surface area contributed by atoms with E-state index in [9.17, 15) is 29.7 Å². The first-order valence-corrected chi connectivity index (χ1v) is 15.6. The molecule has 0 bridgehead atoms. The Kier molecular flexibility index (Phi) is 7.60. The first-order chi connectivity index (χ1) is 18.4. The van der Waals surface area contributed by atoms with Gasteiger partial charge in [0.05, 0.1) is 17.0 Å². The molecule has 4 aliphatic rings. The quantitative estimate of drug-likeness (QED) is 0.265. The van der Waals surface area contributed by atoms with Crippen molar-refractivity contribution in [3.8, 4) is 5.75 Å². The third kappa shape index (κ3) is 4.41. The number of hydrogen-bond acceptors (Lipinski definition) is 8. The summed E-state index contributed by atoms with van der Waals surface area (Å²) in [5.74, 6) is -3.58. The summed E-state index contributed by atoms with van der Waals surface area (Å²) in [4.78, 5) is 41.6. The van der Waals surface area contributed by atoms with Crippen LogP contribution in [0.25, 0.3) is 0 Å². The van der Waals surface area contributed by atoms with Crippen LogP contribution >= 0.6 is 34.4 Å². The van der Waals surface area contributed by atoms with Gasteiger partial charge in [-0.1, -0.05) is 19.3 Å². The molecule has 0 saturated heterocycles. The van der Waals surface area contributed by atoms with Crippen molar-refractivity contribution in [2.45, 2.75) is 68.9 Å². The van der Waals surface area contributed by atoms with E-state index in [0.29, 0.717) is 29.4 Å². The highest BCUT2D eigenvalue weighted by Gasteiger charge is 2.61. The second-order valence-electron chi connectivity index (χ2n) is 11.7. The summed E-state index contributed by atoms with van der Waals surface area (Å²) in [6, 6.07) is 1.21. The smallest absolute Gasteiger partial charge is 0.255 e. The fourth-order valence-electron chi connectivity index (χ4n) is 7.17. The topological polar surface area (TPSA) is 141 Å². The molecular weight excluding hydrogens is 631 g/mol. The zero-order valence-electron chi connectivity index (χ0n) is 22.4. The van der Waals surface area contributed by atoms with Crippen molar-refractivity contribution in [1.29, 1.82) is 0 Å². The van der Waals surface area contributed by atoms with Gasteiger partial charge in [-0.2, -0.15) is 11.8 Å². The van der Waals surface area contributed by atoms with Gasteiger partial charge in [-0.15, -0.1) is 0 Å². The van der Waals surface area contributed by atoms with E-state index in [-0.39, 0.29) is 22.6 Å². The molecule has 210 valence electrons. The first-order valence-electron chi connectivity index (χ1n) is 13.5. The average molecular weight is 667 g/mol. The van der Waals surface area contributed by atoms with Crippen LogP contribution in [0.4, 0.5) is 0 Å². The van der Waals surface area contributed by atoms with E-state index >= 15 is 0 Å². The Hall–Kier alpha value is -2.05. The van der Waals surface area contributed by atoms with Crippen LogP contribution in [0.3, 0.4) is 0 Å². The minimum absolute atomic E-state index is 0.0544. The van der Waals surface area contributed by atoms with E-state index in [1.807, 2.05) is 17.8 Å². The van der Waals surface area contributed by atoms with Gasteiger partial charge in [0, 0.05) is 31.6 Å². The molecule has 0 radical (unpaired) electrons. The molecule has 4 atom stereocenters. The lowest BCUT2D eigenvalue weighted by atomic mass is 9.54. The normalized spacial score (nSPS) is 29.4. The van der Waals surface area contributed by atoms with Gasteiger partial charge in [-0.25, -0.2) is 0 Å². The summed E-state index contributed by atoms with van der Waals surface area (Å²) in [6.45, 7) is 1.52. The van der Waals surface area contributed by atoms with Crippen LogP contribution in [-0.4, -0.2) is 63.1 Å². The van der Waals surface area contributed by atoms with Crippen molar-refractivity contribution in [1.82, 2.24) is 4.90 Å². The van der Waals surface area contributed by atoms with Crippen molar-refractivity contribution in [3.63, 3.8) is 0 Å². The maximum absolute atomic E-state index is 14.0. The maximum atomic E-state index is 14.0. The van der Waals surface area contributed by atoms with Crippen LogP contribution in [0.5, 0.6) is 5.75 Å². The summed E-state index contributed by atoms with van der Waals surface area (Å²) < 4.78 is 0.891. The molecule has 1 saturated carbocycles. The molecule has 4 aliphatic carbocycles. The number of halogens is 1. The largest absolute Gasteiger partial charge is 0.511 e. The number of aromatic hydroxyl groups is 1. The lowest BCUT2D eigenvalue weighted by Gasteiger charge is -2.51. The molecule has 5 rings (SSSR count). The van der Waals surface area contributed by atoms with Crippen LogP contribution in [0, 0.1) is 20.8 Å². The van der Waals surface area contributed by atoms with Gasteiger partial charge in [0.1, 0.15) is 22.8 Å². The first kappa shape index (κ1) is 28.5. The molecule has 1 aromatic carbocycles. The number of carbonyl (C=O) groups excluding carboxylic acids is 3. The number of aliphatic hydroxyl groups is 2. The monoisotopic (exact) mass is 666 g/mol. The van der Waals surface area contributed by atoms with Gasteiger partial charge in [-0.05, 0) is 86.8 Å². The fourth-order valence-corrected chi connectivity index (χ4v) is 9.34. The van der Waals surface area contributed by atoms with Crippen LogP contribution in [0.15, 0.2) is 28.7 Å². The zero-order valence-corrected chi connectivity index (χ0v) is 25.4. The Labute approximate surface area is 246 Å². The molecule has 1 aromatic rings. The summed E-state index contributed by atoms with van der Waals surface area (Å²) in [6.07, 6.45) is 6.77. The predicted molar refractivity (Wildman–Crippen MR) is 158 cm³/mol. The Morgan fingerprint density at radius 1 is 1.18 bits per heavy atom. The summed E-state index contributed by atoms with van der Waals surface area (Å²) in [7, 11) is 3.45. The number of benzene rings is 1. The minimum atomic E-state index is -1.62. The average Bonchev–Trinajstić information content (AvgIpc) is 2.87. The van der Waals surface area contributed by atoms with Gasteiger partial charge in [0.25, 0.3) is 5.91 Å². The van der Waals surface area contributed by atoms with Crippen molar-refractivity contribution < 1.29 is 29.7 Å². The number of aliphatic hydroxyl groups excluding tert-OH is 2. The second kappa shape index (κ2) is 10.4. The number of carbonyl (C=O) groups is 3. The van der Waals surface area contributed by atoms with E-state index in [0.717, 1.165) is 22.0 Å². The van der Waals surface area contributed by atoms with Gasteiger partial charge >= 0.3 is 0 Å². The van der Waals surface area contributed by atoms with Gasteiger partial charge in [0.2, 0.25) is 0 Å². The predicted octanol–water partition coefficient (Wildman–Crippen LogP) is 4.57. The zero-order chi connectivity index (χ0) is 28.4. The number of Topliss-reactive ketones (excluding diaryl/α,β-unsaturated/α-hetero) is 2. The molecule has 8 nitrogen and oxygen atoms in total. The Bertz CT molecular complexity index is 1330. The number of fused-ring (bicyclic) bond motifs is 3. The molecule has 10 heteroatoms. The van der Waals surface area contributed by atoms with Crippen molar-refractivity contribution >= 4 is 51.8 Å². The molecule has 0 aromatic heterocycles. The lowest BCUT2D eigenvalue weighted by molar-refractivity contribution is -0.134. The van der Waals surface area contributed by atoms with E-state index in [2.05, 4.69) is 22.6 Å². The molecule has 0 heterocycles. The summed E-state index contributed by atoms with van der Waals surface area (Å²) in [5, 5.41) is 34.5. The van der Waals surface area contributed by atoms with Gasteiger partial charge in [0.15, 0.2) is 11.6 Å². The molecule has 3 unspecified atom stereocenters. The van der Waals surface area contributed by atoms with Crippen LogP contribution in [0.1, 0.15) is 66.9 Å². The Morgan fingerprint density at radius 2 is 1.85 bits per heavy atom. The van der Waals surface area contributed by atoms with Crippen molar-refractivity contribution in [2.24, 2.45) is 23.0 Å². The second-order valence-corrected chi connectivity index (χ2v) is 14.1. The molecule has 1 amide bonds. The number of nitrogens with zero attached hydrogens (tertiary/aromatic N) is 1. The fraction of sp³-hybridized carbons (Fsp3) is 0.552. The number of phenols is 1. The SMILES string of the molecule is CN(C)C1C(O)=C(C(N)=O)C(=O)[C@]2(C)C(O)=C3C(=O)c4c(O)c(CSC5CCCCC5)cc(I)c4CC3CC12. The van der Waals surface area contributed by atoms with Crippen molar-refractivity contribution in [2.75, 3.05) is 14.1 Å². The number of ketones is 2. The standard InChI is InChI=1S/C29H35IN2O6S/c1-29-17(22(32(2)3)25(35)21(27(29)37)28(31)38)10-13-9-16-18(30)11-14(12-39-15-7-5-4-6-8-15)23(33)20(16)24(34)19(13)26(29)36/h11,13,15,17,22,33,35-36H,4-10,12H2,1-3H3,(H2,31,38)/t13?,17?,22?,29-/m0/s1. The minimum Gasteiger partial charge on any atom is -0.511 e. The van der Waals surface area contributed by atoms with Gasteiger partial charge in [-0.3, -0.25) is 19.3 Å². The molecule has 0 spiro atoms. The molecular formula is C29H35IN2O6S. The number of amides is 1. The van der Waals surface area contributed by atoms with Crippen molar-refractivity contribution in [3.05, 3.63) is 49.0 Å². The Morgan fingerprint density at radius 3 is 2.46 bits per heavy atom. The number of rotatable bonds is 5.